The van der Waals surface area contributed by atoms with Crippen LogP contribution in [0, 0.1) is 0 Å². The van der Waals surface area contributed by atoms with Crippen LogP contribution in [-0.4, -0.2) is 27.5 Å². The van der Waals surface area contributed by atoms with Crippen LogP contribution in [0.5, 0.6) is 5.75 Å². The molecule has 0 aliphatic rings. The van der Waals surface area contributed by atoms with Crippen molar-refractivity contribution < 1.29 is 17.9 Å². The largest absolute Gasteiger partial charge is 0.497 e. The van der Waals surface area contributed by atoms with Crippen LogP contribution in [0.3, 0.4) is 0 Å². The lowest BCUT2D eigenvalue weighted by atomic mass is 10.3. The van der Waals surface area contributed by atoms with Crippen LogP contribution < -0.4 is 14.8 Å². The quantitative estimate of drug-likeness (QED) is 0.775. The van der Waals surface area contributed by atoms with Gasteiger partial charge in [0, 0.05) is 0 Å². The zero-order valence-electron chi connectivity index (χ0n) is 13.4. The van der Waals surface area contributed by atoms with E-state index in [4.69, 9.17) is 27.9 Å². The van der Waals surface area contributed by atoms with E-state index in [1.165, 1.54) is 38.3 Å². The Labute approximate surface area is 156 Å². The number of halogens is 2. The Morgan fingerprint density at radius 2 is 1.64 bits per heavy atom. The molecule has 2 aromatic rings. The first kappa shape index (κ1) is 19.5. The summed E-state index contributed by atoms with van der Waals surface area (Å²) in [7, 11) is -2.39. The molecule has 0 spiro atoms. The topological polar surface area (TPSA) is 84.5 Å². The Morgan fingerprint density at radius 3 is 2.16 bits per heavy atom. The summed E-state index contributed by atoms with van der Waals surface area (Å²) >= 11 is 12.0. The molecule has 2 aromatic carbocycles. The number of rotatable bonds is 6. The minimum Gasteiger partial charge on any atom is -0.497 e. The average molecular weight is 403 g/mol. The van der Waals surface area contributed by atoms with Gasteiger partial charge in [0.1, 0.15) is 5.75 Å². The second-order valence-corrected chi connectivity index (χ2v) is 7.63. The molecule has 1 unspecified atom stereocenters. The van der Waals surface area contributed by atoms with E-state index in [1.807, 2.05) is 0 Å². The normalized spacial score (nSPS) is 12.5. The SMILES string of the molecule is COc1ccc(S(=O)(=O)NC(C)C(=O)Nc2c(Cl)cccc2Cl)cc1. The summed E-state index contributed by atoms with van der Waals surface area (Å²) in [5.74, 6) is -0.0646. The van der Waals surface area contributed by atoms with Crippen molar-refractivity contribution in [1.29, 1.82) is 0 Å². The third kappa shape index (κ3) is 4.85. The Bertz CT molecular complexity index is 850. The van der Waals surface area contributed by atoms with Crippen molar-refractivity contribution in [3.8, 4) is 5.75 Å². The van der Waals surface area contributed by atoms with Gasteiger partial charge in [0.05, 0.1) is 33.8 Å². The fraction of sp³-hybridized carbons (Fsp3) is 0.188. The average Bonchev–Trinajstić information content (AvgIpc) is 2.57. The summed E-state index contributed by atoms with van der Waals surface area (Å²) in [5.41, 5.74) is 0.228. The highest BCUT2D eigenvalue weighted by molar-refractivity contribution is 7.89. The molecule has 2 N–H and O–H groups in total. The van der Waals surface area contributed by atoms with Gasteiger partial charge in [0.25, 0.3) is 0 Å². The molecular formula is C16H16Cl2N2O4S. The molecule has 9 heteroatoms. The highest BCUT2D eigenvalue weighted by Gasteiger charge is 2.23. The van der Waals surface area contributed by atoms with Crippen LogP contribution in [-0.2, 0) is 14.8 Å². The molecule has 0 fully saturated rings. The molecule has 0 aliphatic heterocycles. The summed E-state index contributed by atoms with van der Waals surface area (Å²) in [6, 6.07) is 9.53. The summed E-state index contributed by atoms with van der Waals surface area (Å²) < 4.78 is 32.0. The Morgan fingerprint density at radius 1 is 1.08 bits per heavy atom. The molecule has 0 saturated carbocycles. The molecule has 0 bridgehead atoms. The Hall–Kier alpha value is -1.80. The van der Waals surface area contributed by atoms with Gasteiger partial charge in [0.2, 0.25) is 15.9 Å². The van der Waals surface area contributed by atoms with Gasteiger partial charge in [-0.15, -0.1) is 0 Å². The van der Waals surface area contributed by atoms with Crippen molar-refractivity contribution in [2.24, 2.45) is 0 Å². The Kier molecular flexibility index (Phi) is 6.29. The van der Waals surface area contributed by atoms with Gasteiger partial charge in [-0.2, -0.15) is 4.72 Å². The predicted molar refractivity (Wildman–Crippen MR) is 97.9 cm³/mol. The van der Waals surface area contributed by atoms with Crippen LogP contribution >= 0.6 is 23.2 Å². The molecule has 0 aromatic heterocycles. The summed E-state index contributed by atoms with van der Waals surface area (Å²) in [6.07, 6.45) is 0. The van der Waals surface area contributed by atoms with E-state index in [0.29, 0.717) is 5.75 Å². The monoisotopic (exact) mass is 402 g/mol. The van der Waals surface area contributed by atoms with Gasteiger partial charge < -0.3 is 10.1 Å². The lowest BCUT2D eigenvalue weighted by Crippen LogP contribution is -2.41. The van der Waals surface area contributed by atoms with Crippen LogP contribution in [0.15, 0.2) is 47.4 Å². The van der Waals surface area contributed by atoms with E-state index in [-0.39, 0.29) is 20.6 Å². The third-order valence-electron chi connectivity index (χ3n) is 3.31. The van der Waals surface area contributed by atoms with Crippen molar-refractivity contribution in [2.45, 2.75) is 17.9 Å². The molecule has 1 amide bonds. The number of anilines is 1. The molecular weight excluding hydrogens is 387 g/mol. The zero-order chi connectivity index (χ0) is 18.6. The van der Waals surface area contributed by atoms with Gasteiger partial charge in [0.15, 0.2) is 0 Å². The lowest BCUT2D eigenvalue weighted by molar-refractivity contribution is -0.117. The van der Waals surface area contributed by atoms with Crippen LogP contribution in [0.4, 0.5) is 5.69 Å². The number of hydrogen-bond donors (Lipinski definition) is 2. The first-order valence-electron chi connectivity index (χ1n) is 7.16. The van der Waals surface area contributed by atoms with Crippen LogP contribution in [0.1, 0.15) is 6.92 Å². The maximum Gasteiger partial charge on any atom is 0.242 e. The number of para-hydroxylation sites is 1. The standard InChI is InChI=1S/C16H16Cl2N2O4S/c1-10(16(21)19-15-13(17)4-3-5-14(15)18)20-25(22,23)12-8-6-11(24-2)7-9-12/h3-10,20H,1-2H3,(H,19,21). The number of hydrogen-bond acceptors (Lipinski definition) is 4. The lowest BCUT2D eigenvalue weighted by Gasteiger charge is -2.16. The molecule has 6 nitrogen and oxygen atoms in total. The number of amides is 1. The molecule has 134 valence electrons. The smallest absolute Gasteiger partial charge is 0.242 e. The zero-order valence-corrected chi connectivity index (χ0v) is 15.7. The van der Waals surface area contributed by atoms with Crippen LogP contribution in [0.2, 0.25) is 10.0 Å². The van der Waals surface area contributed by atoms with Crippen molar-refractivity contribution in [3.05, 3.63) is 52.5 Å². The molecule has 0 saturated heterocycles. The first-order chi connectivity index (χ1) is 11.7. The third-order valence-corrected chi connectivity index (χ3v) is 5.49. The number of benzene rings is 2. The van der Waals surface area contributed by atoms with E-state index in [9.17, 15) is 13.2 Å². The van der Waals surface area contributed by atoms with Crippen molar-refractivity contribution in [3.63, 3.8) is 0 Å². The number of methoxy groups -OCH3 is 1. The van der Waals surface area contributed by atoms with Crippen LogP contribution in [0.25, 0.3) is 0 Å². The summed E-state index contributed by atoms with van der Waals surface area (Å²) in [4.78, 5) is 12.3. The molecule has 25 heavy (non-hydrogen) atoms. The number of carbonyl (C=O) groups is 1. The molecule has 2 rings (SSSR count). The van der Waals surface area contributed by atoms with Gasteiger partial charge in [-0.3, -0.25) is 4.79 Å². The van der Waals surface area contributed by atoms with E-state index >= 15 is 0 Å². The minimum absolute atomic E-state index is 0.0173. The number of carbonyl (C=O) groups excluding carboxylic acids is 1. The second-order valence-electron chi connectivity index (χ2n) is 5.10. The number of sulfonamides is 1. The fourth-order valence-corrected chi connectivity index (χ4v) is 3.65. The van der Waals surface area contributed by atoms with Gasteiger partial charge >= 0.3 is 0 Å². The predicted octanol–water partition coefficient (Wildman–Crippen LogP) is 3.31. The first-order valence-corrected chi connectivity index (χ1v) is 9.40. The maximum absolute atomic E-state index is 12.3. The number of ether oxygens (including phenoxy) is 1. The molecule has 1 atom stereocenters. The van der Waals surface area contributed by atoms with Crippen molar-refractivity contribution in [2.75, 3.05) is 12.4 Å². The number of nitrogens with one attached hydrogen (secondary N) is 2. The van der Waals surface area contributed by atoms with E-state index in [2.05, 4.69) is 10.0 Å². The van der Waals surface area contributed by atoms with Gasteiger partial charge in [-0.25, -0.2) is 8.42 Å². The molecule has 0 aliphatic carbocycles. The van der Waals surface area contributed by atoms with Crippen molar-refractivity contribution in [1.82, 2.24) is 4.72 Å². The van der Waals surface area contributed by atoms with E-state index in [0.717, 1.165) is 0 Å². The molecule has 0 radical (unpaired) electrons. The molecule has 0 heterocycles. The summed E-state index contributed by atoms with van der Waals surface area (Å²) in [6.45, 7) is 1.42. The highest BCUT2D eigenvalue weighted by Crippen LogP contribution is 2.29. The van der Waals surface area contributed by atoms with Crippen molar-refractivity contribution >= 4 is 44.8 Å². The maximum atomic E-state index is 12.3. The highest BCUT2D eigenvalue weighted by atomic mass is 35.5. The van der Waals surface area contributed by atoms with E-state index in [1.54, 1.807) is 18.2 Å². The van der Waals surface area contributed by atoms with E-state index < -0.39 is 22.0 Å². The second kappa shape index (κ2) is 8.05. The van der Waals surface area contributed by atoms with Gasteiger partial charge in [-0.1, -0.05) is 29.3 Å². The Balaban J connectivity index is 2.11. The van der Waals surface area contributed by atoms with Gasteiger partial charge in [-0.05, 0) is 43.3 Å². The fourth-order valence-electron chi connectivity index (χ4n) is 1.96. The minimum atomic E-state index is -3.87. The summed E-state index contributed by atoms with van der Waals surface area (Å²) in [5, 5.41) is 3.03.